The van der Waals surface area contributed by atoms with E-state index in [0.29, 0.717) is 13.2 Å². The van der Waals surface area contributed by atoms with Crippen LogP contribution in [0.25, 0.3) is 0 Å². The van der Waals surface area contributed by atoms with E-state index >= 15 is 0 Å². The van der Waals surface area contributed by atoms with Gasteiger partial charge in [-0.1, -0.05) is 36.4 Å². The molecular weight excluding hydrogens is 286 g/mol. The number of rotatable bonds is 10. The van der Waals surface area contributed by atoms with Crippen molar-refractivity contribution in [3.8, 4) is 5.75 Å². The quantitative estimate of drug-likeness (QED) is 0.678. The minimum atomic E-state index is 0.599. The van der Waals surface area contributed by atoms with Gasteiger partial charge in [-0.05, 0) is 55.6 Å². The van der Waals surface area contributed by atoms with Crippen LogP contribution in [0.1, 0.15) is 23.6 Å². The zero-order valence-corrected chi connectivity index (χ0v) is 14.2. The lowest BCUT2D eigenvalue weighted by atomic mass is 10.1. The fourth-order valence-corrected chi connectivity index (χ4v) is 2.41. The summed E-state index contributed by atoms with van der Waals surface area (Å²) < 4.78 is 10.9. The van der Waals surface area contributed by atoms with E-state index in [2.05, 4.69) is 48.6 Å². The first-order valence-electron chi connectivity index (χ1n) is 8.34. The van der Waals surface area contributed by atoms with E-state index in [4.69, 9.17) is 9.47 Å². The third kappa shape index (κ3) is 6.43. The van der Waals surface area contributed by atoms with Gasteiger partial charge in [0.2, 0.25) is 0 Å². The van der Waals surface area contributed by atoms with Gasteiger partial charge in [-0.3, -0.25) is 0 Å². The minimum Gasteiger partial charge on any atom is -0.491 e. The lowest BCUT2D eigenvalue weighted by molar-refractivity contribution is 0.110. The van der Waals surface area contributed by atoms with E-state index in [-0.39, 0.29) is 0 Å². The van der Waals surface area contributed by atoms with Gasteiger partial charge in [-0.25, -0.2) is 0 Å². The van der Waals surface area contributed by atoms with Crippen LogP contribution in [0.3, 0.4) is 0 Å². The average Bonchev–Trinajstić information content (AvgIpc) is 2.58. The van der Waals surface area contributed by atoms with E-state index < -0.39 is 0 Å². The molecule has 3 nitrogen and oxygen atoms in total. The van der Waals surface area contributed by atoms with Gasteiger partial charge in [0.25, 0.3) is 0 Å². The second-order valence-electron chi connectivity index (χ2n) is 5.54. The molecule has 0 fully saturated rings. The fourth-order valence-electron chi connectivity index (χ4n) is 2.41. The molecule has 0 spiro atoms. The monoisotopic (exact) mass is 313 g/mol. The molecule has 0 amide bonds. The van der Waals surface area contributed by atoms with Crippen molar-refractivity contribution in [3.05, 3.63) is 65.2 Å². The Labute approximate surface area is 139 Å². The summed E-state index contributed by atoms with van der Waals surface area (Å²) in [6, 6.07) is 16.8. The first kappa shape index (κ1) is 17.5. The molecule has 3 heteroatoms. The van der Waals surface area contributed by atoms with Crippen LogP contribution < -0.4 is 10.1 Å². The molecule has 0 saturated heterocycles. The number of nitrogens with one attached hydrogen (secondary N) is 1. The molecule has 23 heavy (non-hydrogen) atoms. The van der Waals surface area contributed by atoms with Gasteiger partial charge in [0.15, 0.2) is 0 Å². The predicted octanol–water partition coefficient (Wildman–Crippen LogP) is 3.74. The Bertz CT molecular complexity index is 566. The number of benzene rings is 2. The maximum absolute atomic E-state index is 5.61. The molecule has 2 rings (SSSR count). The maximum Gasteiger partial charge on any atom is 0.119 e. The summed E-state index contributed by atoms with van der Waals surface area (Å²) in [5.41, 5.74) is 4.05. The van der Waals surface area contributed by atoms with Crippen molar-refractivity contribution in [2.75, 3.05) is 26.4 Å². The van der Waals surface area contributed by atoms with Crippen molar-refractivity contribution in [2.24, 2.45) is 0 Å². The normalized spacial score (nSPS) is 10.7. The zero-order chi connectivity index (χ0) is 16.3. The molecule has 2 aromatic rings. The molecular formula is C20H27NO2. The zero-order valence-electron chi connectivity index (χ0n) is 14.2. The van der Waals surface area contributed by atoms with Gasteiger partial charge in [0, 0.05) is 13.2 Å². The van der Waals surface area contributed by atoms with E-state index in [1.165, 1.54) is 16.7 Å². The molecule has 0 heterocycles. The largest absolute Gasteiger partial charge is 0.491 e. The van der Waals surface area contributed by atoms with Crippen molar-refractivity contribution in [2.45, 2.75) is 26.8 Å². The number of ether oxygens (including phenoxy) is 2. The maximum atomic E-state index is 5.61. The fraction of sp³-hybridized carbons (Fsp3) is 0.400. The van der Waals surface area contributed by atoms with Crippen molar-refractivity contribution >= 4 is 0 Å². The van der Waals surface area contributed by atoms with Gasteiger partial charge in [-0.2, -0.15) is 0 Å². The highest BCUT2D eigenvalue weighted by molar-refractivity contribution is 5.27. The number of aryl methyl sites for hydroxylation is 1. The molecule has 0 aliphatic rings. The summed E-state index contributed by atoms with van der Waals surface area (Å²) in [5, 5.41) is 3.50. The van der Waals surface area contributed by atoms with E-state index in [9.17, 15) is 0 Å². The Morgan fingerprint density at radius 1 is 0.957 bits per heavy atom. The Morgan fingerprint density at radius 3 is 2.48 bits per heavy atom. The number of hydrogen-bond acceptors (Lipinski definition) is 3. The molecule has 0 aromatic heterocycles. The SMILES string of the molecule is CCOCCOc1ccc(CNCCc2ccccc2C)cc1. The minimum absolute atomic E-state index is 0.599. The van der Waals surface area contributed by atoms with Gasteiger partial charge in [0.05, 0.1) is 6.61 Å². The van der Waals surface area contributed by atoms with E-state index in [1.54, 1.807) is 0 Å². The Morgan fingerprint density at radius 2 is 1.74 bits per heavy atom. The second kappa shape index (κ2) is 10.0. The van der Waals surface area contributed by atoms with Crippen LogP contribution in [0.2, 0.25) is 0 Å². The molecule has 0 bridgehead atoms. The lowest BCUT2D eigenvalue weighted by Gasteiger charge is -2.09. The highest BCUT2D eigenvalue weighted by atomic mass is 16.5. The predicted molar refractivity (Wildman–Crippen MR) is 95.0 cm³/mol. The first-order chi connectivity index (χ1) is 11.3. The summed E-state index contributed by atoms with van der Waals surface area (Å²) in [5.74, 6) is 0.897. The third-order valence-electron chi connectivity index (χ3n) is 3.79. The topological polar surface area (TPSA) is 30.5 Å². The smallest absolute Gasteiger partial charge is 0.119 e. The third-order valence-corrected chi connectivity index (χ3v) is 3.79. The average molecular weight is 313 g/mol. The van der Waals surface area contributed by atoms with Crippen molar-refractivity contribution in [1.82, 2.24) is 5.32 Å². The summed E-state index contributed by atoms with van der Waals surface area (Å²) in [7, 11) is 0. The summed E-state index contributed by atoms with van der Waals surface area (Å²) in [6.07, 6.45) is 1.06. The van der Waals surface area contributed by atoms with Gasteiger partial charge >= 0.3 is 0 Å². The summed E-state index contributed by atoms with van der Waals surface area (Å²) in [4.78, 5) is 0. The summed E-state index contributed by atoms with van der Waals surface area (Å²) >= 11 is 0. The molecule has 0 radical (unpaired) electrons. The molecule has 0 saturated carbocycles. The molecule has 0 atom stereocenters. The molecule has 0 unspecified atom stereocenters. The van der Waals surface area contributed by atoms with Crippen molar-refractivity contribution in [3.63, 3.8) is 0 Å². The van der Waals surface area contributed by atoms with Crippen LogP contribution >= 0.6 is 0 Å². The lowest BCUT2D eigenvalue weighted by Crippen LogP contribution is -2.17. The van der Waals surface area contributed by atoms with Gasteiger partial charge < -0.3 is 14.8 Å². The van der Waals surface area contributed by atoms with Crippen LogP contribution in [0.15, 0.2) is 48.5 Å². The first-order valence-corrected chi connectivity index (χ1v) is 8.34. The van der Waals surface area contributed by atoms with Crippen LogP contribution in [-0.2, 0) is 17.7 Å². The standard InChI is InChI=1S/C20H27NO2/c1-3-22-14-15-23-20-10-8-18(9-11-20)16-21-13-12-19-7-5-4-6-17(19)2/h4-11,21H,3,12-16H2,1-2H3. The number of hydrogen-bond donors (Lipinski definition) is 1. The summed E-state index contributed by atoms with van der Waals surface area (Å²) in [6.45, 7) is 7.99. The van der Waals surface area contributed by atoms with Crippen molar-refractivity contribution < 1.29 is 9.47 Å². The van der Waals surface area contributed by atoms with Gasteiger partial charge in [-0.15, -0.1) is 0 Å². The highest BCUT2D eigenvalue weighted by Crippen LogP contribution is 2.12. The Balaban J connectivity index is 1.67. The molecule has 0 aliphatic heterocycles. The Hall–Kier alpha value is -1.84. The highest BCUT2D eigenvalue weighted by Gasteiger charge is 1.98. The molecule has 124 valence electrons. The Kier molecular flexibility index (Phi) is 7.64. The van der Waals surface area contributed by atoms with Crippen molar-refractivity contribution in [1.29, 1.82) is 0 Å². The van der Waals surface area contributed by atoms with E-state index in [0.717, 1.165) is 31.9 Å². The van der Waals surface area contributed by atoms with Crippen LogP contribution in [0.5, 0.6) is 5.75 Å². The molecule has 0 aliphatic carbocycles. The van der Waals surface area contributed by atoms with Crippen LogP contribution in [0, 0.1) is 6.92 Å². The van der Waals surface area contributed by atoms with Gasteiger partial charge in [0.1, 0.15) is 12.4 Å². The van der Waals surface area contributed by atoms with E-state index in [1.807, 2.05) is 19.1 Å². The van der Waals surface area contributed by atoms with Crippen LogP contribution in [-0.4, -0.2) is 26.4 Å². The van der Waals surface area contributed by atoms with Crippen LogP contribution in [0.4, 0.5) is 0 Å². The molecule has 1 N–H and O–H groups in total. The second-order valence-corrected chi connectivity index (χ2v) is 5.54. The molecule has 2 aromatic carbocycles.